The van der Waals surface area contributed by atoms with E-state index in [1.807, 2.05) is 12.1 Å². The molecule has 4 nitrogen and oxygen atoms in total. The van der Waals surface area contributed by atoms with Crippen LogP contribution in [0.1, 0.15) is 33.6 Å². The highest BCUT2D eigenvalue weighted by Crippen LogP contribution is 2.80. The number of hydrogen-bond donors (Lipinski definition) is 0. The summed E-state index contributed by atoms with van der Waals surface area (Å²) in [5.74, 6) is -0.0440. The van der Waals surface area contributed by atoms with Crippen molar-refractivity contribution in [3.8, 4) is 12.1 Å². The fourth-order valence-corrected chi connectivity index (χ4v) is 5.88. The normalized spacial score (nSPS) is 37.9. The second-order valence-electron chi connectivity index (χ2n) is 6.35. The van der Waals surface area contributed by atoms with E-state index in [4.69, 9.17) is 10.5 Å². The molecule has 5 heteroatoms. The fourth-order valence-electron chi connectivity index (χ4n) is 4.08. The maximum atomic E-state index is 12.8. The number of fused-ring (bicyclic) bond motifs is 1. The first-order chi connectivity index (χ1) is 8.79. The van der Waals surface area contributed by atoms with E-state index >= 15 is 0 Å². The van der Waals surface area contributed by atoms with Gasteiger partial charge in [0.05, 0.1) is 17.6 Å². The van der Waals surface area contributed by atoms with Crippen LogP contribution in [0.4, 0.5) is 0 Å². The first kappa shape index (κ1) is 14.3. The smallest absolute Gasteiger partial charge is 0.232 e. The molecule has 3 atom stereocenters. The minimum atomic E-state index is -0.463. The molecule has 3 rings (SSSR count). The van der Waals surface area contributed by atoms with Crippen LogP contribution in [0.3, 0.4) is 0 Å². The minimum absolute atomic E-state index is 0.0132. The SMILES string of the molecule is CC12CCC(C(=O)N(CC#N)CC#N)(C1Br)C2(C)C. The Hall–Kier alpha value is -1.07. The zero-order valence-electron chi connectivity index (χ0n) is 11.5. The predicted molar refractivity (Wildman–Crippen MR) is 74.1 cm³/mol. The predicted octanol–water partition coefficient (Wildman–Crippen LogP) is 2.45. The second-order valence-corrected chi connectivity index (χ2v) is 7.27. The monoisotopic (exact) mass is 323 g/mol. The molecule has 0 heterocycles. The van der Waals surface area contributed by atoms with Crippen LogP contribution >= 0.6 is 15.9 Å². The summed E-state index contributed by atoms with van der Waals surface area (Å²) in [4.78, 5) is 14.4. The molecule has 0 aromatic heterocycles. The van der Waals surface area contributed by atoms with Gasteiger partial charge in [-0.3, -0.25) is 4.79 Å². The highest BCUT2D eigenvalue weighted by molar-refractivity contribution is 9.09. The molecule has 2 bridgehead atoms. The summed E-state index contributed by atoms with van der Waals surface area (Å²) in [5, 5.41) is 17.7. The molecule has 0 aliphatic heterocycles. The van der Waals surface area contributed by atoms with E-state index in [1.165, 1.54) is 4.90 Å². The van der Waals surface area contributed by atoms with Crippen LogP contribution in [0, 0.1) is 38.9 Å². The van der Waals surface area contributed by atoms with Gasteiger partial charge in [0.25, 0.3) is 0 Å². The van der Waals surface area contributed by atoms with Gasteiger partial charge in [0.2, 0.25) is 5.91 Å². The third-order valence-electron chi connectivity index (χ3n) is 5.77. The lowest BCUT2D eigenvalue weighted by Gasteiger charge is -2.64. The number of carbonyl (C=O) groups is 1. The molecule has 0 N–H and O–H groups in total. The van der Waals surface area contributed by atoms with E-state index in [-0.39, 0.29) is 34.7 Å². The van der Waals surface area contributed by atoms with E-state index in [0.29, 0.717) is 0 Å². The number of rotatable bonds is 3. The van der Waals surface area contributed by atoms with Crippen LogP contribution in [0.2, 0.25) is 0 Å². The summed E-state index contributed by atoms with van der Waals surface area (Å²) in [5.41, 5.74) is -0.447. The van der Waals surface area contributed by atoms with Crippen molar-refractivity contribution >= 4 is 21.8 Å². The lowest BCUT2D eigenvalue weighted by atomic mass is 9.43. The van der Waals surface area contributed by atoms with Gasteiger partial charge < -0.3 is 4.90 Å². The van der Waals surface area contributed by atoms with Crippen molar-refractivity contribution in [3.05, 3.63) is 0 Å². The number of hydrogen-bond acceptors (Lipinski definition) is 3. The van der Waals surface area contributed by atoms with E-state index in [1.54, 1.807) is 0 Å². The molecule has 19 heavy (non-hydrogen) atoms. The van der Waals surface area contributed by atoms with Gasteiger partial charge in [0.15, 0.2) is 0 Å². The molecule has 0 spiro atoms. The molecule has 0 radical (unpaired) electrons. The second kappa shape index (κ2) is 4.21. The average molecular weight is 324 g/mol. The van der Waals surface area contributed by atoms with E-state index < -0.39 is 5.41 Å². The Bertz CT molecular complexity index is 488. The molecule has 1 amide bonds. The van der Waals surface area contributed by atoms with Crippen LogP contribution in [-0.2, 0) is 4.79 Å². The summed E-state index contributed by atoms with van der Waals surface area (Å²) in [6.07, 6.45) is 1.84. The van der Waals surface area contributed by atoms with Gasteiger partial charge in [-0.2, -0.15) is 10.5 Å². The van der Waals surface area contributed by atoms with Crippen LogP contribution in [0.25, 0.3) is 0 Å². The zero-order valence-corrected chi connectivity index (χ0v) is 13.1. The summed E-state index contributed by atoms with van der Waals surface area (Å²) in [6.45, 7) is 6.45. The Labute approximate surface area is 122 Å². The number of nitrogens with zero attached hydrogens (tertiary/aromatic N) is 3. The largest absolute Gasteiger partial charge is 0.316 e. The van der Waals surface area contributed by atoms with Gasteiger partial charge in [-0.15, -0.1) is 0 Å². The number of amides is 1. The summed E-state index contributed by atoms with van der Waals surface area (Å²) >= 11 is 3.70. The molecule has 3 saturated carbocycles. The quantitative estimate of drug-likeness (QED) is 0.591. The maximum absolute atomic E-state index is 12.8. The number of alkyl halides is 1. The Morgan fingerprint density at radius 2 is 1.79 bits per heavy atom. The highest BCUT2D eigenvalue weighted by Gasteiger charge is 2.80. The molecule has 102 valence electrons. The number of nitriles is 2. The average Bonchev–Trinajstić information content (AvgIpc) is 2.76. The molecule has 3 aliphatic rings. The van der Waals surface area contributed by atoms with Crippen molar-refractivity contribution in [1.82, 2.24) is 4.90 Å². The van der Waals surface area contributed by atoms with Gasteiger partial charge in [-0.1, -0.05) is 36.7 Å². The van der Waals surface area contributed by atoms with E-state index in [9.17, 15) is 4.79 Å². The first-order valence-electron chi connectivity index (χ1n) is 6.47. The van der Waals surface area contributed by atoms with Crippen molar-refractivity contribution in [2.24, 2.45) is 16.2 Å². The van der Waals surface area contributed by atoms with Crippen LogP contribution in [-0.4, -0.2) is 28.7 Å². The summed E-state index contributed by atoms with van der Waals surface area (Å²) in [6, 6.07) is 3.96. The van der Waals surface area contributed by atoms with Crippen molar-refractivity contribution in [1.29, 1.82) is 10.5 Å². The standard InChI is InChI=1S/C14H18BrN3O/c1-12(2)13(3)4-5-14(12,10(13)15)11(19)18(8-6-16)9-7-17/h10H,4-5,8-9H2,1-3H3. The maximum Gasteiger partial charge on any atom is 0.232 e. The van der Waals surface area contributed by atoms with Crippen molar-refractivity contribution in [3.63, 3.8) is 0 Å². The minimum Gasteiger partial charge on any atom is -0.316 e. The van der Waals surface area contributed by atoms with Crippen LogP contribution < -0.4 is 0 Å². The number of carbonyl (C=O) groups excluding carboxylic acids is 1. The molecule has 3 fully saturated rings. The van der Waals surface area contributed by atoms with Crippen molar-refractivity contribution in [2.45, 2.75) is 38.4 Å². The highest BCUT2D eigenvalue weighted by atomic mass is 79.9. The third-order valence-corrected chi connectivity index (χ3v) is 7.56. The Balaban J connectivity index is 2.34. The van der Waals surface area contributed by atoms with Gasteiger partial charge in [0.1, 0.15) is 13.1 Å². The molecule has 3 aliphatic carbocycles. The molecular formula is C14H18BrN3O. The van der Waals surface area contributed by atoms with Gasteiger partial charge in [-0.05, 0) is 23.7 Å². The molecular weight excluding hydrogens is 306 g/mol. The summed E-state index contributed by atoms with van der Waals surface area (Å²) < 4.78 is 0. The first-order valence-corrected chi connectivity index (χ1v) is 7.38. The summed E-state index contributed by atoms with van der Waals surface area (Å²) in [7, 11) is 0. The molecule has 3 unspecified atom stereocenters. The zero-order chi connectivity index (χ0) is 14.5. The lowest BCUT2D eigenvalue weighted by Crippen LogP contribution is -2.69. The number of halogens is 1. The molecule has 0 saturated heterocycles. The van der Waals surface area contributed by atoms with Gasteiger partial charge >= 0.3 is 0 Å². The third kappa shape index (κ3) is 1.40. The Kier molecular flexibility index (Phi) is 3.18. The molecule has 0 aromatic rings. The van der Waals surface area contributed by atoms with Crippen molar-refractivity contribution < 1.29 is 4.79 Å². The van der Waals surface area contributed by atoms with Crippen LogP contribution in [0.5, 0.6) is 0 Å². The van der Waals surface area contributed by atoms with Crippen LogP contribution in [0.15, 0.2) is 0 Å². The van der Waals surface area contributed by atoms with Gasteiger partial charge in [-0.25, -0.2) is 0 Å². The topological polar surface area (TPSA) is 67.9 Å². The lowest BCUT2D eigenvalue weighted by molar-refractivity contribution is -0.171. The van der Waals surface area contributed by atoms with Gasteiger partial charge in [0, 0.05) is 4.83 Å². The fraction of sp³-hybridized carbons (Fsp3) is 0.786. The Morgan fingerprint density at radius 3 is 2.11 bits per heavy atom. The van der Waals surface area contributed by atoms with Crippen molar-refractivity contribution in [2.75, 3.05) is 13.1 Å². The van der Waals surface area contributed by atoms with E-state index in [0.717, 1.165) is 12.8 Å². The Morgan fingerprint density at radius 1 is 1.26 bits per heavy atom. The van der Waals surface area contributed by atoms with E-state index in [2.05, 4.69) is 36.7 Å². The molecule has 0 aromatic carbocycles.